The normalized spacial score (nSPS) is 18.7. The van der Waals surface area contributed by atoms with E-state index in [1.165, 1.54) is 39.0 Å². The van der Waals surface area contributed by atoms with Crippen LogP contribution >= 0.6 is 0 Å². The third-order valence-corrected chi connectivity index (χ3v) is 6.11. The molecule has 6 heteroatoms. The van der Waals surface area contributed by atoms with Crippen LogP contribution in [0.15, 0.2) is 24.3 Å². The Hall–Kier alpha value is -1.79. The fraction of sp³-hybridized carbons (Fsp3) is 0.696. The SMILES string of the molecule is CCN1CCN(CCCCNC(=O)NCc2ccccc2OC2CCCC2)CC1. The Morgan fingerprint density at radius 1 is 1.03 bits per heavy atom. The topological polar surface area (TPSA) is 56.8 Å². The minimum atomic E-state index is -0.0998. The number of nitrogens with one attached hydrogen (secondary N) is 2. The summed E-state index contributed by atoms with van der Waals surface area (Å²) in [6.45, 7) is 10.4. The number of para-hydroxylation sites is 1. The summed E-state index contributed by atoms with van der Waals surface area (Å²) in [6.07, 6.45) is 7.25. The smallest absolute Gasteiger partial charge is 0.315 e. The lowest BCUT2D eigenvalue weighted by Gasteiger charge is -2.33. The number of hydrogen-bond donors (Lipinski definition) is 2. The van der Waals surface area contributed by atoms with Crippen LogP contribution in [0.1, 0.15) is 51.0 Å². The molecule has 0 unspecified atom stereocenters. The quantitative estimate of drug-likeness (QED) is 0.590. The Morgan fingerprint density at radius 3 is 2.52 bits per heavy atom. The molecule has 0 spiro atoms. The minimum absolute atomic E-state index is 0.0998. The number of hydrogen-bond acceptors (Lipinski definition) is 4. The molecule has 1 saturated carbocycles. The van der Waals surface area contributed by atoms with Crippen LogP contribution in [0.3, 0.4) is 0 Å². The molecule has 2 amide bonds. The third-order valence-electron chi connectivity index (χ3n) is 6.11. The van der Waals surface area contributed by atoms with E-state index >= 15 is 0 Å². The van der Waals surface area contributed by atoms with Gasteiger partial charge in [0.15, 0.2) is 0 Å². The molecule has 1 aliphatic heterocycles. The number of carbonyl (C=O) groups excluding carboxylic acids is 1. The average Bonchev–Trinajstić information content (AvgIpc) is 3.26. The highest BCUT2D eigenvalue weighted by molar-refractivity contribution is 5.73. The molecule has 162 valence electrons. The molecule has 1 aliphatic carbocycles. The van der Waals surface area contributed by atoms with Crippen molar-refractivity contribution < 1.29 is 9.53 Å². The van der Waals surface area contributed by atoms with Crippen molar-refractivity contribution >= 4 is 6.03 Å². The summed E-state index contributed by atoms with van der Waals surface area (Å²) < 4.78 is 6.14. The summed E-state index contributed by atoms with van der Waals surface area (Å²) in [5.41, 5.74) is 1.04. The number of ether oxygens (including phenoxy) is 1. The van der Waals surface area contributed by atoms with Gasteiger partial charge in [0.2, 0.25) is 0 Å². The van der Waals surface area contributed by atoms with Crippen molar-refractivity contribution in [3.63, 3.8) is 0 Å². The van der Waals surface area contributed by atoms with E-state index in [0.29, 0.717) is 12.6 Å². The summed E-state index contributed by atoms with van der Waals surface area (Å²) in [5, 5.41) is 5.95. The molecule has 1 heterocycles. The van der Waals surface area contributed by atoms with E-state index in [1.54, 1.807) is 0 Å². The second kappa shape index (κ2) is 12.0. The first-order valence-corrected chi connectivity index (χ1v) is 11.5. The van der Waals surface area contributed by atoms with Crippen LogP contribution in [0.25, 0.3) is 0 Å². The van der Waals surface area contributed by atoms with Gasteiger partial charge < -0.3 is 25.2 Å². The molecular weight excluding hydrogens is 364 g/mol. The van der Waals surface area contributed by atoms with Gasteiger partial charge in [-0.2, -0.15) is 0 Å². The largest absolute Gasteiger partial charge is 0.490 e. The van der Waals surface area contributed by atoms with Gasteiger partial charge in [0.1, 0.15) is 5.75 Å². The highest BCUT2D eigenvalue weighted by atomic mass is 16.5. The van der Waals surface area contributed by atoms with Crippen molar-refractivity contribution in [2.24, 2.45) is 0 Å². The van der Waals surface area contributed by atoms with Crippen molar-refractivity contribution in [1.29, 1.82) is 0 Å². The van der Waals surface area contributed by atoms with Gasteiger partial charge in [0.25, 0.3) is 0 Å². The Morgan fingerprint density at radius 2 is 1.76 bits per heavy atom. The zero-order valence-corrected chi connectivity index (χ0v) is 18.0. The van der Waals surface area contributed by atoms with Crippen LogP contribution < -0.4 is 15.4 Å². The number of benzene rings is 1. The average molecular weight is 403 g/mol. The first-order valence-electron chi connectivity index (χ1n) is 11.5. The van der Waals surface area contributed by atoms with E-state index in [0.717, 1.165) is 56.6 Å². The molecule has 2 N–H and O–H groups in total. The van der Waals surface area contributed by atoms with Crippen molar-refractivity contribution in [3.05, 3.63) is 29.8 Å². The lowest BCUT2D eigenvalue weighted by Crippen LogP contribution is -2.46. The van der Waals surface area contributed by atoms with E-state index < -0.39 is 0 Å². The Labute approximate surface area is 176 Å². The molecule has 1 aromatic carbocycles. The summed E-state index contributed by atoms with van der Waals surface area (Å²) in [6, 6.07) is 7.93. The number of carbonyl (C=O) groups is 1. The van der Waals surface area contributed by atoms with Gasteiger partial charge in [-0.1, -0.05) is 25.1 Å². The maximum atomic E-state index is 12.1. The van der Waals surface area contributed by atoms with Crippen LogP contribution in [0.2, 0.25) is 0 Å². The highest BCUT2D eigenvalue weighted by Gasteiger charge is 2.18. The molecule has 2 fully saturated rings. The van der Waals surface area contributed by atoms with Crippen molar-refractivity contribution in [1.82, 2.24) is 20.4 Å². The van der Waals surface area contributed by atoms with Gasteiger partial charge in [-0.15, -0.1) is 0 Å². The van der Waals surface area contributed by atoms with Crippen LogP contribution in [0.5, 0.6) is 5.75 Å². The second-order valence-corrected chi connectivity index (χ2v) is 8.22. The van der Waals surface area contributed by atoms with Gasteiger partial charge >= 0.3 is 6.03 Å². The van der Waals surface area contributed by atoms with Crippen molar-refractivity contribution in [3.8, 4) is 5.75 Å². The molecular formula is C23H38N4O2. The molecule has 6 nitrogen and oxygen atoms in total. The molecule has 0 aromatic heterocycles. The number of rotatable bonds is 10. The van der Waals surface area contributed by atoms with Gasteiger partial charge in [0.05, 0.1) is 6.10 Å². The van der Waals surface area contributed by atoms with Gasteiger partial charge in [0, 0.05) is 44.8 Å². The van der Waals surface area contributed by atoms with Gasteiger partial charge in [-0.05, 0) is 57.7 Å². The highest BCUT2D eigenvalue weighted by Crippen LogP contribution is 2.26. The molecule has 0 bridgehead atoms. The minimum Gasteiger partial charge on any atom is -0.490 e. The number of likely N-dealkylation sites (N-methyl/N-ethyl adjacent to an activating group) is 1. The number of urea groups is 1. The summed E-state index contributed by atoms with van der Waals surface area (Å²) in [7, 11) is 0. The first kappa shape index (κ1) is 21.9. The molecule has 2 aliphatic rings. The first-order chi connectivity index (χ1) is 14.2. The maximum absolute atomic E-state index is 12.1. The Kier molecular flexibility index (Phi) is 9.09. The number of unbranched alkanes of at least 4 members (excludes halogenated alkanes) is 1. The zero-order valence-electron chi connectivity index (χ0n) is 18.0. The third kappa shape index (κ3) is 7.52. The van der Waals surface area contributed by atoms with E-state index in [9.17, 15) is 4.79 Å². The molecule has 1 aromatic rings. The van der Waals surface area contributed by atoms with Crippen LogP contribution in [-0.2, 0) is 6.54 Å². The summed E-state index contributed by atoms with van der Waals surface area (Å²) in [5.74, 6) is 0.905. The second-order valence-electron chi connectivity index (χ2n) is 8.22. The van der Waals surface area contributed by atoms with Crippen LogP contribution in [0, 0.1) is 0 Å². The van der Waals surface area contributed by atoms with Crippen LogP contribution in [-0.4, -0.2) is 67.7 Å². The monoisotopic (exact) mass is 402 g/mol. The van der Waals surface area contributed by atoms with E-state index in [4.69, 9.17) is 4.74 Å². The fourth-order valence-electron chi connectivity index (χ4n) is 4.18. The maximum Gasteiger partial charge on any atom is 0.315 e. The predicted molar refractivity (Wildman–Crippen MR) is 117 cm³/mol. The molecule has 3 rings (SSSR count). The number of amides is 2. The van der Waals surface area contributed by atoms with Crippen molar-refractivity contribution in [2.45, 2.75) is 58.1 Å². The standard InChI is InChI=1S/C23H38N4O2/c1-2-26-15-17-27(18-16-26)14-8-7-13-24-23(28)25-19-20-9-3-6-12-22(20)29-21-10-4-5-11-21/h3,6,9,12,21H,2,4-5,7-8,10-11,13-19H2,1H3,(H2,24,25,28). The molecule has 29 heavy (non-hydrogen) atoms. The molecule has 1 saturated heterocycles. The molecule has 0 atom stereocenters. The Balaban J connectivity index is 1.27. The number of piperazine rings is 1. The predicted octanol–water partition coefficient (Wildman–Crippen LogP) is 3.22. The lowest BCUT2D eigenvalue weighted by atomic mass is 10.2. The van der Waals surface area contributed by atoms with Crippen molar-refractivity contribution in [2.75, 3.05) is 45.8 Å². The lowest BCUT2D eigenvalue weighted by molar-refractivity contribution is 0.135. The van der Waals surface area contributed by atoms with Gasteiger partial charge in [-0.25, -0.2) is 4.79 Å². The summed E-state index contributed by atoms with van der Waals surface area (Å²) >= 11 is 0. The zero-order chi connectivity index (χ0) is 20.3. The van der Waals surface area contributed by atoms with Crippen LogP contribution in [0.4, 0.5) is 4.79 Å². The Bertz CT molecular complexity index is 611. The van der Waals surface area contributed by atoms with E-state index in [-0.39, 0.29) is 6.03 Å². The number of nitrogens with zero attached hydrogens (tertiary/aromatic N) is 2. The van der Waals surface area contributed by atoms with Gasteiger partial charge in [-0.3, -0.25) is 0 Å². The van der Waals surface area contributed by atoms with E-state index in [1.807, 2.05) is 24.3 Å². The summed E-state index contributed by atoms with van der Waals surface area (Å²) in [4.78, 5) is 17.2. The molecule has 0 radical (unpaired) electrons. The van der Waals surface area contributed by atoms with E-state index in [2.05, 4.69) is 27.4 Å². The fourth-order valence-corrected chi connectivity index (χ4v) is 4.18.